The van der Waals surface area contributed by atoms with Gasteiger partial charge in [0.25, 0.3) is 0 Å². The molecule has 1 rings (SSSR count). The minimum Gasteiger partial charge on any atom is -0.504 e. The topological polar surface area (TPSA) is 58.7 Å². The Morgan fingerprint density at radius 1 is 1.38 bits per heavy atom. The van der Waals surface area contributed by atoms with Crippen molar-refractivity contribution in [1.29, 1.82) is 0 Å². The van der Waals surface area contributed by atoms with Gasteiger partial charge in [-0.2, -0.15) is 0 Å². The van der Waals surface area contributed by atoms with E-state index in [9.17, 15) is 5.11 Å². The summed E-state index contributed by atoms with van der Waals surface area (Å²) in [4.78, 5) is 2.03. The summed E-state index contributed by atoms with van der Waals surface area (Å²) >= 11 is 0. The molecule has 3 N–H and O–H groups in total. The quantitative estimate of drug-likeness (QED) is 0.751. The van der Waals surface area contributed by atoms with Gasteiger partial charge in [0.1, 0.15) is 6.61 Å². The van der Waals surface area contributed by atoms with E-state index < -0.39 is 0 Å². The fraction of sp³-hybridized carbons (Fsp3) is 0.500. The average Bonchev–Trinajstić information content (AvgIpc) is 2.21. The van der Waals surface area contributed by atoms with Crippen LogP contribution in [-0.4, -0.2) is 43.8 Å². The van der Waals surface area contributed by atoms with Gasteiger partial charge in [-0.25, -0.2) is 0 Å². The zero-order valence-corrected chi connectivity index (χ0v) is 9.94. The molecule has 0 radical (unpaired) electrons. The molecule has 0 saturated carbocycles. The second kappa shape index (κ2) is 6.35. The molecule has 0 saturated heterocycles. The molecule has 0 aliphatic carbocycles. The summed E-state index contributed by atoms with van der Waals surface area (Å²) in [7, 11) is 3.96. The van der Waals surface area contributed by atoms with Gasteiger partial charge in [0.15, 0.2) is 11.5 Å². The van der Waals surface area contributed by atoms with E-state index >= 15 is 0 Å². The van der Waals surface area contributed by atoms with E-state index in [1.165, 1.54) is 0 Å². The lowest BCUT2D eigenvalue weighted by molar-refractivity contribution is 0.252. The molecular formula is C12H20N2O2. The van der Waals surface area contributed by atoms with Gasteiger partial charge in [0.2, 0.25) is 0 Å². The first-order chi connectivity index (χ1) is 7.63. The second-order valence-corrected chi connectivity index (χ2v) is 3.99. The Labute approximate surface area is 96.6 Å². The highest BCUT2D eigenvalue weighted by Gasteiger charge is 2.03. The van der Waals surface area contributed by atoms with Crippen LogP contribution in [0.2, 0.25) is 0 Å². The third kappa shape index (κ3) is 4.08. The monoisotopic (exact) mass is 224 g/mol. The van der Waals surface area contributed by atoms with E-state index in [1.807, 2.05) is 25.1 Å². The molecule has 0 heterocycles. The zero-order chi connectivity index (χ0) is 12.0. The fourth-order valence-corrected chi connectivity index (χ4v) is 1.35. The molecule has 90 valence electrons. The number of phenols is 1. The van der Waals surface area contributed by atoms with E-state index in [0.717, 1.165) is 18.5 Å². The average molecular weight is 224 g/mol. The number of phenolic OH excluding ortho intramolecular Hbond substituents is 1. The number of likely N-dealkylation sites (N-methyl/N-ethyl adjacent to an activating group) is 1. The van der Waals surface area contributed by atoms with Gasteiger partial charge in [0, 0.05) is 6.54 Å². The molecule has 0 aliphatic heterocycles. The predicted molar refractivity (Wildman–Crippen MR) is 64.9 cm³/mol. The van der Waals surface area contributed by atoms with Gasteiger partial charge >= 0.3 is 0 Å². The van der Waals surface area contributed by atoms with Gasteiger partial charge < -0.3 is 20.5 Å². The zero-order valence-electron chi connectivity index (χ0n) is 9.94. The highest BCUT2D eigenvalue weighted by molar-refractivity contribution is 5.41. The van der Waals surface area contributed by atoms with Crippen molar-refractivity contribution in [1.82, 2.24) is 4.90 Å². The minimum absolute atomic E-state index is 0.185. The molecule has 16 heavy (non-hydrogen) atoms. The van der Waals surface area contributed by atoms with Crippen LogP contribution in [-0.2, 0) is 6.42 Å². The van der Waals surface area contributed by atoms with Crippen molar-refractivity contribution in [2.75, 3.05) is 33.8 Å². The van der Waals surface area contributed by atoms with E-state index in [4.69, 9.17) is 10.5 Å². The number of hydrogen-bond donors (Lipinski definition) is 2. The van der Waals surface area contributed by atoms with Gasteiger partial charge in [-0.1, -0.05) is 6.07 Å². The Morgan fingerprint density at radius 3 is 2.69 bits per heavy atom. The van der Waals surface area contributed by atoms with E-state index in [-0.39, 0.29) is 5.75 Å². The van der Waals surface area contributed by atoms with Crippen molar-refractivity contribution in [3.05, 3.63) is 23.8 Å². The summed E-state index contributed by atoms with van der Waals surface area (Å²) in [6.07, 6.45) is 0.769. The second-order valence-electron chi connectivity index (χ2n) is 3.99. The molecular weight excluding hydrogens is 204 g/mol. The first-order valence-electron chi connectivity index (χ1n) is 5.43. The van der Waals surface area contributed by atoms with Crippen molar-refractivity contribution in [3.8, 4) is 11.5 Å². The van der Waals surface area contributed by atoms with Gasteiger partial charge in [-0.3, -0.25) is 0 Å². The highest BCUT2D eigenvalue weighted by atomic mass is 16.5. The van der Waals surface area contributed by atoms with Crippen molar-refractivity contribution >= 4 is 0 Å². The van der Waals surface area contributed by atoms with Crippen LogP contribution in [0.15, 0.2) is 18.2 Å². The third-order valence-corrected chi connectivity index (χ3v) is 2.25. The molecule has 0 spiro atoms. The summed E-state index contributed by atoms with van der Waals surface area (Å²) < 4.78 is 5.46. The van der Waals surface area contributed by atoms with Crippen LogP contribution >= 0.6 is 0 Å². The molecule has 1 aromatic carbocycles. The summed E-state index contributed by atoms with van der Waals surface area (Å²) in [5, 5.41) is 9.70. The summed E-state index contributed by atoms with van der Waals surface area (Å²) in [5.74, 6) is 0.715. The molecule has 0 bridgehead atoms. The van der Waals surface area contributed by atoms with E-state index in [0.29, 0.717) is 18.9 Å². The third-order valence-electron chi connectivity index (χ3n) is 2.25. The molecule has 0 fully saturated rings. The Hall–Kier alpha value is -1.26. The lowest BCUT2D eigenvalue weighted by Gasteiger charge is -2.12. The maximum absolute atomic E-state index is 9.70. The number of aromatic hydroxyl groups is 1. The highest BCUT2D eigenvalue weighted by Crippen LogP contribution is 2.26. The standard InChI is InChI=1S/C12H20N2O2/c1-14(2)7-8-16-12-4-3-10(5-6-13)9-11(12)15/h3-4,9,15H,5-8,13H2,1-2H3. The molecule has 4 nitrogen and oxygen atoms in total. The Kier molecular flexibility index (Phi) is 5.08. The fourth-order valence-electron chi connectivity index (χ4n) is 1.35. The molecule has 0 unspecified atom stereocenters. The molecule has 0 aromatic heterocycles. The summed E-state index contributed by atoms with van der Waals surface area (Å²) in [6, 6.07) is 5.42. The normalized spacial score (nSPS) is 10.8. The number of rotatable bonds is 6. The van der Waals surface area contributed by atoms with Crippen LogP contribution in [0.5, 0.6) is 11.5 Å². The molecule has 0 amide bonds. The van der Waals surface area contributed by atoms with Gasteiger partial charge in [-0.05, 0) is 44.8 Å². The maximum Gasteiger partial charge on any atom is 0.160 e. The van der Waals surface area contributed by atoms with Crippen LogP contribution in [0.4, 0.5) is 0 Å². The van der Waals surface area contributed by atoms with Crippen molar-refractivity contribution in [3.63, 3.8) is 0 Å². The predicted octanol–water partition coefficient (Wildman–Crippen LogP) is 0.834. The minimum atomic E-state index is 0.185. The maximum atomic E-state index is 9.70. The largest absolute Gasteiger partial charge is 0.504 e. The molecule has 4 heteroatoms. The Morgan fingerprint density at radius 2 is 2.12 bits per heavy atom. The number of nitrogens with zero attached hydrogens (tertiary/aromatic N) is 1. The SMILES string of the molecule is CN(C)CCOc1ccc(CCN)cc1O. The first-order valence-corrected chi connectivity index (χ1v) is 5.43. The van der Waals surface area contributed by atoms with Crippen LogP contribution in [0.25, 0.3) is 0 Å². The molecule has 0 atom stereocenters. The molecule has 0 aliphatic rings. The lowest BCUT2D eigenvalue weighted by Crippen LogP contribution is -2.19. The van der Waals surface area contributed by atoms with Gasteiger partial charge in [-0.15, -0.1) is 0 Å². The first kappa shape index (κ1) is 12.8. The number of ether oxygens (including phenoxy) is 1. The van der Waals surface area contributed by atoms with Gasteiger partial charge in [0.05, 0.1) is 0 Å². The Balaban J connectivity index is 2.54. The lowest BCUT2D eigenvalue weighted by atomic mass is 10.1. The summed E-state index contributed by atoms with van der Waals surface area (Å²) in [5.41, 5.74) is 6.47. The number of hydrogen-bond acceptors (Lipinski definition) is 4. The molecule has 1 aromatic rings. The van der Waals surface area contributed by atoms with Crippen molar-refractivity contribution in [2.24, 2.45) is 5.73 Å². The van der Waals surface area contributed by atoms with E-state index in [2.05, 4.69) is 0 Å². The van der Waals surface area contributed by atoms with Crippen LogP contribution in [0.1, 0.15) is 5.56 Å². The summed E-state index contributed by atoms with van der Waals surface area (Å²) in [6.45, 7) is 1.97. The van der Waals surface area contributed by atoms with Crippen LogP contribution in [0.3, 0.4) is 0 Å². The number of benzene rings is 1. The number of nitrogens with two attached hydrogens (primary N) is 1. The van der Waals surface area contributed by atoms with E-state index in [1.54, 1.807) is 12.1 Å². The Bertz CT molecular complexity index is 327. The van der Waals surface area contributed by atoms with Crippen molar-refractivity contribution < 1.29 is 9.84 Å². The van der Waals surface area contributed by atoms with Crippen LogP contribution < -0.4 is 10.5 Å². The van der Waals surface area contributed by atoms with Crippen LogP contribution in [0, 0.1) is 0 Å². The smallest absolute Gasteiger partial charge is 0.160 e. The van der Waals surface area contributed by atoms with Crippen molar-refractivity contribution in [2.45, 2.75) is 6.42 Å².